The maximum atomic E-state index is 13.2. The minimum Gasteiger partial charge on any atom is -0.483 e. The van der Waals surface area contributed by atoms with Gasteiger partial charge in [0.15, 0.2) is 6.61 Å². The highest BCUT2D eigenvalue weighted by atomic mass is 19.1. The first kappa shape index (κ1) is 16.4. The minimum absolute atomic E-state index is 0.160. The van der Waals surface area contributed by atoms with Crippen LogP contribution in [0, 0.1) is 5.82 Å². The van der Waals surface area contributed by atoms with Crippen LogP contribution in [-0.4, -0.2) is 18.1 Å². The van der Waals surface area contributed by atoms with Gasteiger partial charge in [-0.05, 0) is 33.3 Å². The van der Waals surface area contributed by atoms with Crippen LogP contribution in [0.3, 0.4) is 0 Å². The third kappa shape index (κ3) is 4.81. The molecule has 0 radical (unpaired) electrons. The Balaban J connectivity index is 2.70. The number of benzene rings is 1. The monoisotopic (exact) mass is 282 g/mol. The second-order valence-corrected chi connectivity index (χ2v) is 5.55. The zero-order valence-electron chi connectivity index (χ0n) is 12.5. The number of hydrogen-bond acceptors (Lipinski definition) is 3. The number of hydrogen-bond donors (Lipinski definition) is 2. The largest absolute Gasteiger partial charge is 0.483 e. The predicted octanol–water partition coefficient (Wildman–Crippen LogP) is 2.53. The molecule has 0 bridgehead atoms. The van der Waals surface area contributed by atoms with Gasteiger partial charge in [0.25, 0.3) is 5.91 Å². The molecular weight excluding hydrogens is 259 g/mol. The summed E-state index contributed by atoms with van der Waals surface area (Å²) in [5.74, 6) is -0.347. The average Bonchev–Trinajstić information content (AvgIpc) is 2.35. The Labute approximate surface area is 119 Å². The molecule has 1 aromatic rings. The summed E-state index contributed by atoms with van der Waals surface area (Å²) in [5.41, 5.74) is 6.18. The van der Waals surface area contributed by atoms with Gasteiger partial charge in [-0.1, -0.05) is 13.0 Å². The number of nitrogens with one attached hydrogen (secondary N) is 1. The normalized spacial score (nSPS) is 12.9. The van der Waals surface area contributed by atoms with Gasteiger partial charge in [0.1, 0.15) is 11.6 Å². The Bertz CT molecular complexity index is 473. The molecule has 1 amide bonds. The summed E-state index contributed by atoms with van der Waals surface area (Å²) in [6, 6.07) is 3.85. The average molecular weight is 282 g/mol. The maximum Gasteiger partial charge on any atom is 0.258 e. The van der Waals surface area contributed by atoms with Crippen molar-refractivity contribution in [1.29, 1.82) is 0 Å². The summed E-state index contributed by atoms with van der Waals surface area (Å²) in [4.78, 5) is 11.8. The topological polar surface area (TPSA) is 64.3 Å². The molecule has 0 aliphatic rings. The molecule has 0 saturated carbocycles. The van der Waals surface area contributed by atoms with Crippen LogP contribution in [-0.2, 0) is 4.79 Å². The molecule has 4 nitrogen and oxygen atoms in total. The van der Waals surface area contributed by atoms with E-state index in [4.69, 9.17) is 10.5 Å². The lowest BCUT2D eigenvalue weighted by Crippen LogP contribution is -2.45. The van der Waals surface area contributed by atoms with Crippen molar-refractivity contribution in [2.24, 2.45) is 5.73 Å². The van der Waals surface area contributed by atoms with Crippen LogP contribution in [0.2, 0.25) is 0 Å². The lowest BCUT2D eigenvalue weighted by atomic mass is 10.0. The third-order valence-corrected chi connectivity index (χ3v) is 3.19. The van der Waals surface area contributed by atoms with Crippen molar-refractivity contribution >= 4 is 5.91 Å². The van der Waals surface area contributed by atoms with Gasteiger partial charge >= 0.3 is 0 Å². The van der Waals surface area contributed by atoms with E-state index in [-0.39, 0.29) is 24.1 Å². The van der Waals surface area contributed by atoms with E-state index in [0.717, 1.165) is 6.42 Å². The Morgan fingerprint density at radius 2 is 2.15 bits per heavy atom. The zero-order valence-corrected chi connectivity index (χ0v) is 12.5. The van der Waals surface area contributed by atoms with Crippen molar-refractivity contribution in [1.82, 2.24) is 5.32 Å². The molecular formula is C15H23FN2O2. The first-order valence-electron chi connectivity index (χ1n) is 6.74. The number of carbonyl (C=O) groups excluding carboxylic acids is 1. The summed E-state index contributed by atoms with van der Waals surface area (Å²) in [6.45, 7) is 7.47. The molecule has 0 unspecified atom stereocenters. The second kappa shape index (κ2) is 6.70. The van der Waals surface area contributed by atoms with Crippen molar-refractivity contribution in [3.05, 3.63) is 29.6 Å². The van der Waals surface area contributed by atoms with Crippen molar-refractivity contribution in [2.45, 2.75) is 45.7 Å². The molecule has 1 atom stereocenters. The van der Waals surface area contributed by atoms with E-state index in [0.29, 0.717) is 11.3 Å². The quantitative estimate of drug-likeness (QED) is 0.842. The van der Waals surface area contributed by atoms with Crippen molar-refractivity contribution < 1.29 is 13.9 Å². The third-order valence-electron chi connectivity index (χ3n) is 3.19. The second-order valence-electron chi connectivity index (χ2n) is 5.55. The number of ether oxygens (including phenoxy) is 1. The highest BCUT2D eigenvalue weighted by Crippen LogP contribution is 2.24. The summed E-state index contributed by atoms with van der Waals surface area (Å²) in [7, 11) is 0. The van der Waals surface area contributed by atoms with Gasteiger partial charge in [0.2, 0.25) is 0 Å². The van der Waals surface area contributed by atoms with Crippen molar-refractivity contribution in [3.8, 4) is 5.75 Å². The Morgan fingerprint density at radius 3 is 2.70 bits per heavy atom. The number of amides is 1. The van der Waals surface area contributed by atoms with E-state index in [1.165, 1.54) is 12.1 Å². The molecule has 0 aliphatic heterocycles. The van der Waals surface area contributed by atoms with Gasteiger partial charge in [-0.25, -0.2) is 4.39 Å². The zero-order chi connectivity index (χ0) is 15.3. The smallest absolute Gasteiger partial charge is 0.258 e. The van der Waals surface area contributed by atoms with Gasteiger partial charge in [0, 0.05) is 23.2 Å². The number of rotatable bonds is 6. The molecule has 0 aromatic heterocycles. The number of nitrogens with two attached hydrogens (primary N) is 1. The summed E-state index contributed by atoms with van der Waals surface area (Å²) < 4.78 is 18.6. The van der Waals surface area contributed by atoms with Crippen LogP contribution in [0.15, 0.2) is 18.2 Å². The summed E-state index contributed by atoms with van der Waals surface area (Å²) in [6.07, 6.45) is 0.809. The van der Waals surface area contributed by atoms with Crippen LogP contribution in [0.25, 0.3) is 0 Å². The van der Waals surface area contributed by atoms with E-state index in [9.17, 15) is 9.18 Å². The predicted molar refractivity (Wildman–Crippen MR) is 77.0 cm³/mol. The molecule has 3 N–H and O–H groups in total. The van der Waals surface area contributed by atoms with Crippen LogP contribution < -0.4 is 15.8 Å². The van der Waals surface area contributed by atoms with Gasteiger partial charge in [0.05, 0.1) is 0 Å². The molecule has 0 spiro atoms. The highest BCUT2D eigenvalue weighted by Gasteiger charge is 2.18. The van der Waals surface area contributed by atoms with Crippen LogP contribution >= 0.6 is 0 Å². The molecule has 20 heavy (non-hydrogen) atoms. The molecule has 1 aromatic carbocycles. The molecule has 5 heteroatoms. The fourth-order valence-corrected chi connectivity index (χ4v) is 1.65. The fourth-order valence-electron chi connectivity index (χ4n) is 1.65. The fraction of sp³-hybridized carbons (Fsp3) is 0.533. The molecule has 0 saturated heterocycles. The van der Waals surface area contributed by atoms with E-state index in [1.807, 2.05) is 20.8 Å². The summed E-state index contributed by atoms with van der Waals surface area (Å²) >= 11 is 0. The van der Waals surface area contributed by atoms with E-state index >= 15 is 0 Å². The van der Waals surface area contributed by atoms with E-state index in [1.54, 1.807) is 13.0 Å². The number of carbonyl (C=O) groups is 1. The lowest BCUT2D eigenvalue weighted by Gasteiger charge is -2.24. The maximum absolute atomic E-state index is 13.2. The van der Waals surface area contributed by atoms with Gasteiger partial charge in [-0.3, -0.25) is 4.79 Å². The minimum atomic E-state index is -0.418. The van der Waals surface area contributed by atoms with Crippen LogP contribution in [0.5, 0.6) is 5.75 Å². The molecule has 0 fully saturated rings. The Hall–Kier alpha value is -1.62. The Morgan fingerprint density at radius 1 is 1.50 bits per heavy atom. The van der Waals surface area contributed by atoms with Gasteiger partial charge in [-0.15, -0.1) is 0 Å². The number of halogens is 1. The van der Waals surface area contributed by atoms with Crippen LogP contribution in [0.4, 0.5) is 4.39 Å². The first-order chi connectivity index (χ1) is 9.25. The standard InChI is InChI=1S/C15H23FN2O2/c1-5-15(3,4)18-14(19)9-20-13-8-11(16)6-7-12(13)10(2)17/h6-8,10H,5,9,17H2,1-4H3,(H,18,19)/t10-/m1/s1. The molecule has 1 rings (SSSR count). The highest BCUT2D eigenvalue weighted by molar-refractivity contribution is 5.78. The lowest BCUT2D eigenvalue weighted by molar-refractivity contribution is -0.124. The SMILES string of the molecule is CCC(C)(C)NC(=O)COc1cc(F)ccc1[C@@H](C)N. The Kier molecular flexibility index (Phi) is 5.51. The van der Waals surface area contributed by atoms with Gasteiger partial charge in [-0.2, -0.15) is 0 Å². The van der Waals surface area contributed by atoms with E-state index in [2.05, 4.69) is 5.32 Å². The van der Waals surface area contributed by atoms with E-state index < -0.39 is 5.82 Å². The van der Waals surface area contributed by atoms with Crippen molar-refractivity contribution in [2.75, 3.05) is 6.61 Å². The van der Waals surface area contributed by atoms with Crippen LogP contribution in [0.1, 0.15) is 45.7 Å². The molecule has 112 valence electrons. The summed E-state index contributed by atoms with van der Waals surface area (Å²) in [5, 5.41) is 2.85. The molecule has 0 heterocycles. The first-order valence-corrected chi connectivity index (χ1v) is 6.74. The molecule has 0 aliphatic carbocycles. The van der Waals surface area contributed by atoms with Gasteiger partial charge < -0.3 is 15.8 Å². The van der Waals surface area contributed by atoms with Crippen molar-refractivity contribution in [3.63, 3.8) is 0 Å².